The van der Waals surface area contributed by atoms with Crippen LogP contribution in [-0.4, -0.2) is 24.5 Å². The molecule has 8 heteroatoms. The Morgan fingerprint density at radius 2 is 1.59 bits per heavy atom. The molecule has 2 aromatic carbocycles. The summed E-state index contributed by atoms with van der Waals surface area (Å²) in [6.07, 6.45) is 0. The number of pyridine rings is 1. The average Bonchev–Trinajstić information content (AvgIpc) is 2.65. The summed E-state index contributed by atoms with van der Waals surface area (Å²) in [4.78, 5) is 3.60. The molecule has 150 valence electrons. The van der Waals surface area contributed by atoms with Gasteiger partial charge in [0.1, 0.15) is 11.4 Å². The zero-order valence-corrected chi connectivity index (χ0v) is 16.3. The molecule has 0 atom stereocenters. The lowest BCUT2D eigenvalue weighted by Gasteiger charge is -2.20. The molecule has 29 heavy (non-hydrogen) atoms. The second kappa shape index (κ2) is 7.41. The third-order valence-electron chi connectivity index (χ3n) is 3.90. The van der Waals surface area contributed by atoms with Crippen molar-refractivity contribution in [2.45, 2.75) is 29.9 Å². The van der Waals surface area contributed by atoms with E-state index in [0.717, 1.165) is 35.2 Å². The lowest BCUT2D eigenvalue weighted by atomic mass is 10.1. The van der Waals surface area contributed by atoms with Crippen LogP contribution >= 0.6 is 0 Å². The van der Waals surface area contributed by atoms with E-state index in [0.29, 0.717) is 5.69 Å². The fourth-order valence-corrected chi connectivity index (χ4v) is 3.25. The number of halogens is 3. The van der Waals surface area contributed by atoms with Gasteiger partial charge in [-0.25, -0.2) is 13.4 Å². The number of rotatable bonds is 3. The first kappa shape index (κ1) is 20.7. The van der Waals surface area contributed by atoms with E-state index in [1.807, 2.05) is 30.3 Å². The van der Waals surface area contributed by atoms with E-state index in [1.54, 1.807) is 19.9 Å². The Morgan fingerprint density at radius 3 is 2.24 bits per heavy atom. The van der Waals surface area contributed by atoms with Crippen LogP contribution < -0.4 is 4.74 Å². The van der Waals surface area contributed by atoms with Crippen molar-refractivity contribution in [3.63, 3.8) is 0 Å². The van der Waals surface area contributed by atoms with Gasteiger partial charge in [-0.15, -0.1) is 0 Å². The molecule has 0 aliphatic rings. The highest BCUT2D eigenvalue weighted by atomic mass is 32.2. The molecule has 0 bridgehead atoms. The summed E-state index contributed by atoms with van der Waals surface area (Å²) in [7, 11) is -5.39. The van der Waals surface area contributed by atoms with Gasteiger partial charge >= 0.3 is 5.51 Å². The van der Waals surface area contributed by atoms with Crippen molar-refractivity contribution in [3.05, 3.63) is 66.4 Å². The molecule has 0 radical (unpaired) electrons. The fraction of sp³-hybridized carbons (Fsp3) is 0.190. The van der Waals surface area contributed by atoms with E-state index in [9.17, 15) is 21.6 Å². The standard InChI is InChI=1S/C21H16F3NO3S/c1-20(2,14-13-16-8-7-15-5-3-4-6-19(15)25-16)28-17-9-11-18(12-10-17)29(26,27)21(22,23)24/h3-12H,1-2H3. The van der Waals surface area contributed by atoms with Crippen LogP contribution in [0.2, 0.25) is 0 Å². The van der Waals surface area contributed by atoms with Crippen LogP contribution in [0.3, 0.4) is 0 Å². The molecular weight excluding hydrogens is 403 g/mol. The van der Waals surface area contributed by atoms with E-state index in [2.05, 4.69) is 16.8 Å². The van der Waals surface area contributed by atoms with Crippen molar-refractivity contribution in [2.24, 2.45) is 0 Å². The first-order chi connectivity index (χ1) is 13.5. The highest BCUT2D eigenvalue weighted by molar-refractivity contribution is 7.92. The predicted octanol–water partition coefficient (Wildman–Crippen LogP) is 4.74. The molecule has 0 aliphatic heterocycles. The van der Waals surface area contributed by atoms with Crippen LogP contribution in [0.15, 0.2) is 65.6 Å². The summed E-state index contributed by atoms with van der Waals surface area (Å²) in [5.41, 5.74) is -4.99. The van der Waals surface area contributed by atoms with Crippen molar-refractivity contribution in [2.75, 3.05) is 0 Å². The summed E-state index contributed by atoms with van der Waals surface area (Å²) in [6, 6.07) is 15.3. The number of sulfone groups is 1. The monoisotopic (exact) mass is 419 g/mol. The minimum Gasteiger partial charge on any atom is -0.475 e. The van der Waals surface area contributed by atoms with Gasteiger partial charge in [-0.2, -0.15) is 13.2 Å². The summed E-state index contributed by atoms with van der Waals surface area (Å²) in [6.45, 7) is 3.36. The molecule has 1 heterocycles. The first-order valence-corrected chi connectivity index (χ1v) is 9.96. The van der Waals surface area contributed by atoms with Crippen molar-refractivity contribution in [3.8, 4) is 17.6 Å². The smallest absolute Gasteiger partial charge is 0.475 e. The Labute approximate surface area is 166 Å². The van der Waals surface area contributed by atoms with Crippen molar-refractivity contribution >= 4 is 20.7 Å². The molecule has 0 unspecified atom stereocenters. The van der Waals surface area contributed by atoms with Gasteiger partial charge in [0.2, 0.25) is 0 Å². The predicted molar refractivity (Wildman–Crippen MR) is 103 cm³/mol. The van der Waals surface area contributed by atoms with Crippen LogP contribution in [0.5, 0.6) is 5.75 Å². The van der Waals surface area contributed by atoms with Crippen molar-refractivity contribution in [1.82, 2.24) is 4.98 Å². The van der Waals surface area contributed by atoms with Crippen molar-refractivity contribution < 1.29 is 26.3 Å². The lowest BCUT2D eigenvalue weighted by molar-refractivity contribution is -0.0436. The molecule has 0 saturated carbocycles. The van der Waals surface area contributed by atoms with Crippen molar-refractivity contribution in [1.29, 1.82) is 0 Å². The molecule has 3 aromatic rings. The number of nitrogens with zero attached hydrogens (tertiary/aromatic N) is 1. The van der Waals surface area contributed by atoms with E-state index in [4.69, 9.17) is 4.74 Å². The van der Waals surface area contributed by atoms with Gasteiger partial charge in [0, 0.05) is 5.39 Å². The normalized spacial score (nSPS) is 12.3. The number of aromatic nitrogens is 1. The molecule has 0 N–H and O–H groups in total. The summed E-state index contributed by atoms with van der Waals surface area (Å²) in [5, 5.41) is 0.988. The van der Waals surface area contributed by atoms with E-state index < -0.39 is 25.8 Å². The Hall–Kier alpha value is -3.05. The number of ether oxygens (including phenoxy) is 1. The summed E-state index contributed by atoms with van der Waals surface area (Å²) in [5.74, 6) is 6.04. The molecule has 0 aliphatic carbocycles. The number of benzene rings is 2. The second-order valence-electron chi connectivity index (χ2n) is 6.67. The Bertz CT molecular complexity index is 1210. The van der Waals surface area contributed by atoms with Gasteiger partial charge in [-0.3, -0.25) is 0 Å². The summed E-state index contributed by atoms with van der Waals surface area (Å²) < 4.78 is 66.3. The molecule has 0 spiro atoms. The maximum absolute atomic E-state index is 12.6. The van der Waals surface area contributed by atoms with Gasteiger partial charge < -0.3 is 4.74 Å². The zero-order valence-electron chi connectivity index (χ0n) is 15.5. The van der Waals surface area contributed by atoms with E-state index in [-0.39, 0.29) is 5.75 Å². The number of hydrogen-bond acceptors (Lipinski definition) is 4. The van der Waals surface area contributed by atoms with E-state index in [1.165, 1.54) is 0 Å². The zero-order chi connectivity index (χ0) is 21.3. The van der Waals surface area contributed by atoms with Gasteiger partial charge in [0.05, 0.1) is 10.4 Å². The number of para-hydroxylation sites is 1. The Balaban J connectivity index is 1.78. The maximum Gasteiger partial charge on any atom is 0.501 e. The maximum atomic E-state index is 12.6. The molecule has 0 amide bonds. The van der Waals surface area contributed by atoms with Crippen LogP contribution in [0.4, 0.5) is 13.2 Å². The van der Waals surface area contributed by atoms with E-state index >= 15 is 0 Å². The Kier molecular flexibility index (Phi) is 5.28. The largest absolute Gasteiger partial charge is 0.501 e. The molecule has 3 rings (SSSR count). The number of fused-ring (bicyclic) bond motifs is 1. The first-order valence-electron chi connectivity index (χ1n) is 8.47. The molecule has 0 fully saturated rings. The van der Waals surface area contributed by atoms with Gasteiger partial charge in [-0.05, 0) is 62.1 Å². The van der Waals surface area contributed by atoms with Gasteiger partial charge in [0.25, 0.3) is 9.84 Å². The minimum absolute atomic E-state index is 0.192. The topological polar surface area (TPSA) is 56.3 Å². The van der Waals surface area contributed by atoms with Crippen LogP contribution in [-0.2, 0) is 9.84 Å². The van der Waals surface area contributed by atoms with Crippen LogP contribution in [0.25, 0.3) is 10.9 Å². The highest BCUT2D eigenvalue weighted by Crippen LogP contribution is 2.31. The number of alkyl halides is 3. The average molecular weight is 419 g/mol. The minimum atomic E-state index is -5.39. The molecule has 1 aromatic heterocycles. The SMILES string of the molecule is CC(C)(C#Cc1ccc2ccccc2n1)Oc1ccc(S(=O)(=O)C(F)(F)F)cc1. The molecular formula is C21H16F3NO3S. The molecule has 4 nitrogen and oxygen atoms in total. The Morgan fingerprint density at radius 1 is 0.931 bits per heavy atom. The third-order valence-corrected chi connectivity index (χ3v) is 5.40. The third kappa shape index (κ3) is 4.69. The fourth-order valence-electron chi connectivity index (χ4n) is 2.49. The van der Waals surface area contributed by atoms with Gasteiger partial charge in [-0.1, -0.05) is 24.3 Å². The number of hydrogen-bond donors (Lipinski definition) is 0. The quantitative estimate of drug-likeness (QED) is 0.576. The molecule has 0 saturated heterocycles. The summed E-state index contributed by atoms with van der Waals surface area (Å²) >= 11 is 0. The van der Waals surface area contributed by atoms with Crippen LogP contribution in [0, 0.1) is 11.8 Å². The second-order valence-corrected chi connectivity index (χ2v) is 8.61. The van der Waals surface area contributed by atoms with Gasteiger partial charge in [0.15, 0.2) is 5.60 Å². The van der Waals surface area contributed by atoms with Crippen LogP contribution in [0.1, 0.15) is 19.5 Å². The lowest BCUT2D eigenvalue weighted by Crippen LogP contribution is -2.26. The highest BCUT2D eigenvalue weighted by Gasteiger charge is 2.46.